The van der Waals surface area contributed by atoms with E-state index in [9.17, 15) is 13.2 Å². The highest BCUT2D eigenvalue weighted by Crippen LogP contribution is 2.28. The van der Waals surface area contributed by atoms with E-state index in [1.165, 1.54) is 29.6 Å². The van der Waals surface area contributed by atoms with Crippen LogP contribution in [0.15, 0.2) is 41.4 Å². The molecule has 1 aliphatic heterocycles. The monoisotopic (exact) mass is 435 g/mol. The van der Waals surface area contributed by atoms with Crippen LogP contribution in [0.5, 0.6) is 11.6 Å². The van der Waals surface area contributed by atoms with E-state index in [0.717, 1.165) is 5.56 Å². The Labute approximate surface area is 176 Å². The summed E-state index contributed by atoms with van der Waals surface area (Å²) >= 11 is 0. The minimum Gasteiger partial charge on any atom is -0.495 e. The summed E-state index contributed by atoms with van der Waals surface area (Å²) in [5.41, 5.74) is 1.04. The second kappa shape index (κ2) is 9.88. The van der Waals surface area contributed by atoms with Gasteiger partial charge in [0.15, 0.2) is 0 Å². The van der Waals surface area contributed by atoms with E-state index in [-0.39, 0.29) is 35.8 Å². The number of carbonyl (C=O) groups excluding carboxylic acids is 1. The van der Waals surface area contributed by atoms with Gasteiger partial charge in [-0.2, -0.15) is 4.31 Å². The first-order chi connectivity index (χ1) is 14.5. The van der Waals surface area contributed by atoms with Gasteiger partial charge in [0.25, 0.3) is 5.91 Å². The summed E-state index contributed by atoms with van der Waals surface area (Å²) in [5, 5.41) is 2.79. The predicted octanol–water partition coefficient (Wildman–Crippen LogP) is 1.44. The van der Waals surface area contributed by atoms with Crippen molar-refractivity contribution in [1.29, 1.82) is 0 Å². The molecule has 30 heavy (non-hydrogen) atoms. The molecule has 1 saturated heterocycles. The van der Waals surface area contributed by atoms with E-state index in [1.807, 2.05) is 6.92 Å². The number of pyridine rings is 1. The van der Waals surface area contributed by atoms with Gasteiger partial charge in [0.2, 0.25) is 15.9 Å². The number of hydrogen-bond acceptors (Lipinski definition) is 7. The van der Waals surface area contributed by atoms with Gasteiger partial charge in [-0.05, 0) is 36.8 Å². The summed E-state index contributed by atoms with van der Waals surface area (Å²) in [6.45, 7) is 3.78. The lowest BCUT2D eigenvalue weighted by Gasteiger charge is -2.26. The molecule has 0 atom stereocenters. The second-order valence-electron chi connectivity index (χ2n) is 6.50. The normalized spacial score (nSPS) is 14.9. The minimum atomic E-state index is -3.82. The highest BCUT2D eigenvalue weighted by molar-refractivity contribution is 7.89. The highest BCUT2D eigenvalue weighted by atomic mass is 32.2. The standard InChI is InChI=1S/C20H25N3O6S/c1-3-29-19-12-15(6-7-21-19)14-22-20(24)16-4-5-17(27-2)18(13-16)30(25,26)23-8-10-28-11-9-23/h4-7,12-13H,3,8-11,14H2,1-2H3,(H,22,24). The first kappa shape index (κ1) is 22.0. The van der Waals surface area contributed by atoms with Gasteiger partial charge >= 0.3 is 0 Å². The molecule has 1 aromatic carbocycles. The Balaban J connectivity index is 1.78. The maximum Gasteiger partial charge on any atom is 0.251 e. The van der Waals surface area contributed by atoms with Gasteiger partial charge in [-0.3, -0.25) is 4.79 Å². The lowest BCUT2D eigenvalue weighted by atomic mass is 10.2. The highest BCUT2D eigenvalue weighted by Gasteiger charge is 2.30. The molecule has 1 aromatic heterocycles. The van der Waals surface area contributed by atoms with Gasteiger partial charge in [0.05, 0.1) is 26.9 Å². The molecule has 0 unspecified atom stereocenters. The first-order valence-corrected chi connectivity index (χ1v) is 11.0. The third-order valence-electron chi connectivity index (χ3n) is 4.56. The fourth-order valence-corrected chi connectivity index (χ4v) is 4.61. The topological polar surface area (TPSA) is 107 Å². The van der Waals surface area contributed by atoms with Crippen molar-refractivity contribution < 1.29 is 27.4 Å². The maximum absolute atomic E-state index is 13.1. The average molecular weight is 436 g/mol. The number of rotatable bonds is 8. The van der Waals surface area contributed by atoms with Gasteiger partial charge in [-0.15, -0.1) is 0 Å². The number of amides is 1. The van der Waals surface area contributed by atoms with Gasteiger partial charge in [0, 0.05) is 37.5 Å². The SMILES string of the molecule is CCOc1cc(CNC(=O)c2ccc(OC)c(S(=O)(=O)N3CCOCC3)c2)ccn1. The number of sulfonamides is 1. The Kier molecular flexibility index (Phi) is 7.24. The molecule has 0 radical (unpaired) electrons. The number of methoxy groups -OCH3 is 1. The molecule has 2 heterocycles. The third kappa shape index (κ3) is 5.07. The summed E-state index contributed by atoms with van der Waals surface area (Å²) in [4.78, 5) is 16.7. The van der Waals surface area contributed by atoms with Crippen molar-refractivity contribution in [3.05, 3.63) is 47.7 Å². The van der Waals surface area contributed by atoms with Crippen molar-refractivity contribution in [2.45, 2.75) is 18.4 Å². The Morgan fingerprint density at radius 2 is 2.00 bits per heavy atom. The van der Waals surface area contributed by atoms with Crippen LogP contribution in [0.2, 0.25) is 0 Å². The molecule has 9 nitrogen and oxygen atoms in total. The summed E-state index contributed by atoms with van der Waals surface area (Å²) < 4.78 is 43.3. The zero-order valence-electron chi connectivity index (χ0n) is 17.0. The fraction of sp³-hybridized carbons (Fsp3) is 0.400. The van der Waals surface area contributed by atoms with E-state index in [1.54, 1.807) is 18.3 Å². The Hall–Kier alpha value is -2.69. The largest absolute Gasteiger partial charge is 0.495 e. The minimum absolute atomic E-state index is 0.0397. The van der Waals surface area contributed by atoms with E-state index in [2.05, 4.69) is 10.3 Å². The lowest BCUT2D eigenvalue weighted by Crippen LogP contribution is -2.40. The number of benzene rings is 1. The van der Waals surface area contributed by atoms with Crippen LogP contribution in [0.25, 0.3) is 0 Å². The predicted molar refractivity (Wildman–Crippen MR) is 109 cm³/mol. The molecule has 10 heteroatoms. The molecule has 0 spiro atoms. The van der Waals surface area contributed by atoms with Crippen LogP contribution in [0.4, 0.5) is 0 Å². The fourth-order valence-electron chi connectivity index (χ4n) is 3.02. The van der Waals surface area contributed by atoms with E-state index in [0.29, 0.717) is 25.7 Å². The molecule has 1 N–H and O–H groups in total. The Bertz CT molecular complexity index is 990. The number of nitrogens with zero attached hydrogens (tertiary/aromatic N) is 2. The summed E-state index contributed by atoms with van der Waals surface area (Å²) in [7, 11) is -2.42. The Morgan fingerprint density at radius 1 is 1.23 bits per heavy atom. The molecule has 0 bridgehead atoms. The summed E-state index contributed by atoms with van der Waals surface area (Å²) in [6.07, 6.45) is 1.60. The van der Waals surface area contributed by atoms with Crippen LogP contribution < -0.4 is 14.8 Å². The van der Waals surface area contributed by atoms with E-state index in [4.69, 9.17) is 14.2 Å². The lowest BCUT2D eigenvalue weighted by molar-refractivity contribution is 0.0729. The number of nitrogens with one attached hydrogen (secondary N) is 1. The van der Waals surface area contributed by atoms with Crippen molar-refractivity contribution in [3.8, 4) is 11.6 Å². The number of aromatic nitrogens is 1. The molecule has 162 valence electrons. The molecule has 2 aromatic rings. The number of ether oxygens (including phenoxy) is 3. The van der Waals surface area contributed by atoms with Crippen LogP contribution in [0.3, 0.4) is 0 Å². The van der Waals surface area contributed by atoms with Crippen molar-refractivity contribution in [2.75, 3.05) is 40.0 Å². The summed E-state index contributed by atoms with van der Waals surface area (Å²) in [6, 6.07) is 7.88. The maximum atomic E-state index is 13.1. The zero-order chi connectivity index (χ0) is 21.6. The zero-order valence-corrected chi connectivity index (χ0v) is 17.8. The van der Waals surface area contributed by atoms with Crippen molar-refractivity contribution in [3.63, 3.8) is 0 Å². The molecule has 1 aliphatic rings. The number of morpholine rings is 1. The van der Waals surface area contributed by atoms with Crippen LogP contribution in [0.1, 0.15) is 22.8 Å². The number of hydrogen-bond donors (Lipinski definition) is 1. The molecule has 0 aliphatic carbocycles. The van der Waals surface area contributed by atoms with Crippen LogP contribution >= 0.6 is 0 Å². The van der Waals surface area contributed by atoms with Gasteiger partial charge < -0.3 is 19.5 Å². The average Bonchev–Trinajstić information content (AvgIpc) is 2.78. The first-order valence-electron chi connectivity index (χ1n) is 9.57. The van der Waals surface area contributed by atoms with Crippen LogP contribution in [-0.2, 0) is 21.3 Å². The molecular weight excluding hydrogens is 410 g/mol. The Morgan fingerprint density at radius 3 is 2.70 bits per heavy atom. The van der Waals surface area contributed by atoms with Crippen molar-refractivity contribution in [2.24, 2.45) is 0 Å². The molecular formula is C20H25N3O6S. The molecule has 1 amide bonds. The smallest absolute Gasteiger partial charge is 0.251 e. The second-order valence-corrected chi connectivity index (χ2v) is 8.41. The molecule has 3 rings (SSSR count). The quantitative estimate of drug-likeness (QED) is 0.669. The van der Waals surface area contributed by atoms with Gasteiger partial charge in [0.1, 0.15) is 10.6 Å². The van der Waals surface area contributed by atoms with E-state index < -0.39 is 15.9 Å². The van der Waals surface area contributed by atoms with E-state index >= 15 is 0 Å². The van der Waals surface area contributed by atoms with Crippen molar-refractivity contribution in [1.82, 2.24) is 14.6 Å². The van der Waals surface area contributed by atoms with Gasteiger partial charge in [-0.1, -0.05) is 0 Å². The van der Waals surface area contributed by atoms with Crippen LogP contribution in [-0.4, -0.2) is 63.6 Å². The van der Waals surface area contributed by atoms with Gasteiger partial charge in [-0.25, -0.2) is 13.4 Å². The molecule has 0 saturated carbocycles. The molecule has 1 fully saturated rings. The van der Waals surface area contributed by atoms with Crippen LogP contribution in [0, 0.1) is 0 Å². The third-order valence-corrected chi connectivity index (χ3v) is 6.48. The summed E-state index contributed by atoms with van der Waals surface area (Å²) in [5.74, 6) is 0.270. The van der Waals surface area contributed by atoms with Crippen molar-refractivity contribution >= 4 is 15.9 Å². The number of carbonyl (C=O) groups is 1.